The minimum absolute atomic E-state index is 0.0682. The first kappa shape index (κ1) is 11.0. The van der Waals surface area contributed by atoms with Crippen molar-refractivity contribution >= 4 is 0 Å². The summed E-state index contributed by atoms with van der Waals surface area (Å²) in [7, 11) is 0. The molecule has 0 bridgehead atoms. The van der Waals surface area contributed by atoms with E-state index >= 15 is 0 Å². The fraction of sp³-hybridized carbons (Fsp3) is 1.00. The highest BCUT2D eigenvalue weighted by atomic mass is 16.3. The lowest BCUT2D eigenvalue weighted by molar-refractivity contribution is 0.0813. The maximum absolute atomic E-state index is 10.2. The second kappa shape index (κ2) is 6.35. The molecule has 0 aromatic carbocycles. The van der Waals surface area contributed by atoms with Gasteiger partial charge in [-0.2, -0.15) is 0 Å². The number of likely N-dealkylation sites (tertiary alicyclic amines) is 1. The Morgan fingerprint density at radius 3 is 2.46 bits per heavy atom. The number of nitrogens with zero attached hydrogens (tertiary/aromatic N) is 1. The highest BCUT2D eigenvalue weighted by Gasteiger charge is 2.15. The number of hydrogen-bond donors (Lipinski definition) is 1. The van der Waals surface area contributed by atoms with Gasteiger partial charge in [-0.25, -0.2) is 5.11 Å². The third kappa shape index (κ3) is 4.60. The van der Waals surface area contributed by atoms with E-state index in [9.17, 15) is 10.2 Å². The molecule has 1 rings (SSSR count). The predicted octanol–water partition coefficient (Wildman–Crippen LogP) is 1.04. The quantitative estimate of drug-likeness (QED) is 0.652. The lowest BCUT2D eigenvalue weighted by atomic mass is 10.1. The molecule has 0 aromatic rings. The molecular formula is C10H20NO2. The summed E-state index contributed by atoms with van der Waals surface area (Å²) in [5.41, 5.74) is 0. The van der Waals surface area contributed by atoms with Gasteiger partial charge in [0.25, 0.3) is 0 Å². The van der Waals surface area contributed by atoms with E-state index in [2.05, 4.69) is 4.90 Å². The fourth-order valence-corrected chi connectivity index (χ4v) is 1.76. The molecule has 0 amide bonds. The maximum Gasteiger partial charge on any atom is 0.0822 e. The van der Waals surface area contributed by atoms with Gasteiger partial charge < -0.3 is 10.0 Å². The van der Waals surface area contributed by atoms with E-state index in [0.29, 0.717) is 0 Å². The van der Waals surface area contributed by atoms with Crippen LogP contribution in [-0.2, 0) is 5.11 Å². The molecule has 1 N–H and O–H groups in total. The van der Waals surface area contributed by atoms with Crippen LogP contribution in [-0.4, -0.2) is 42.4 Å². The zero-order chi connectivity index (χ0) is 9.52. The molecule has 0 spiro atoms. The molecule has 1 heterocycles. The van der Waals surface area contributed by atoms with Gasteiger partial charge in [0.1, 0.15) is 0 Å². The molecule has 3 heteroatoms. The van der Waals surface area contributed by atoms with Crippen molar-refractivity contribution in [1.29, 1.82) is 0 Å². The van der Waals surface area contributed by atoms with Crippen molar-refractivity contribution < 1.29 is 10.2 Å². The zero-order valence-corrected chi connectivity index (χ0v) is 8.24. The number of aliphatic hydroxyl groups is 1. The van der Waals surface area contributed by atoms with Crippen LogP contribution in [0.25, 0.3) is 0 Å². The molecule has 1 saturated heterocycles. The van der Waals surface area contributed by atoms with Gasteiger partial charge in [0.05, 0.1) is 12.7 Å². The van der Waals surface area contributed by atoms with Gasteiger partial charge in [0.2, 0.25) is 0 Å². The Hall–Kier alpha value is -0.120. The van der Waals surface area contributed by atoms with Crippen LogP contribution in [0.15, 0.2) is 0 Å². The number of piperidine rings is 1. The Balaban J connectivity index is 1.96. The molecule has 1 aliphatic rings. The number of aliphatic hydroxyl groups excluding tert-OH is 1. The van der Waals surface area contributed by atoms with E-state index in [1.54, 1.807) is 0 Å². The van der Waals surface area contributed by atoms with Gasteiger partial charge in [-0.1, -0.05) is 0 Å². The summed E-state index contributed by atoms with van der Waals surface area (Å²) in [6, 6.07) is 0. The first-order valence-electron chi connectivity index (χ1n) is 5.31. The summed E-state index contributed by atoms with van der Waals surface area (Å²) in [5.74, 6) is 0. The summed E-state index contributed by atoms with van der Waals surface area (Å²) in [6.07, 6.45) is 4.78. The standard InChI is InChI=1S/C10H20NO2/c12-9-3-1-2-6-11-7-4-10(13)5-8-11/h10,13H,1-9H2. The Bertz CT molecular complexity index is 122. The van der Waals surface area contributed by atoms with Crippen molar-refractivity contribution in [1.82, 2.24) is 4.90 Å². The van der Waals surface area contributed by atoms with Crippen LogP contribution < -0.4 is 0 Å². The Morgan fingerprint density at radius 2 is 1.85 bits per heavy atom. The third-order valence-corrected chi connectivity index (χ3v) is 2.68. The number of rotatable bonds is 5. The van der Waals surface area contributed by atoms with Gasteiger partial charge in [0, 0.05) is 13.1 Å². The van der Waals surface area contributed by atoms with Crippen LogP contribution in [0, 0.1) is 0 Å². The molecular weight excluding hydrogens is 166 g/mol. The fourth-order valence-electron chi connectivity index (χ4n) is 1.76. The van der Waals surface area contributed by atoms with Gasteiger partial charge in [0.15, 0.2) is 0 Å². The smallest absolute Gasteiger partial charge is 0.0822 e. The molecule has 3 nitrogen and oxygen atoms in total. The molecule has 1 fully saturated rings. The van der Waals surface area contributed by atoms with Crippen LogP contribution in [0.4, 0.5) is 0 Å². The van der Waals surface area contributed by atoms with E-state index in [-0.39, 0.29) is 12.7 Å². The minimum Gasteiger partial charge on any atom is -0.393 e. The largest absolute Gasteiger partial charge is 0.393 e. The topological polar surface area (TPSA) is 43.4 Å². The van der Waals surface area contributed by atoms with Crippen molar-refractivity contribution in [3.63, 3.8) is 0 Å². The molecule has 0 unspecified atom stereocenters. The second-order valence-electron chi connectivity index (χ2n) is 3.84. The van der Waals surface area contributed by atoms with Crippen molar-refractivity contribution in [3.05, 3.63) is 0 Å². The molecule has 13 heavy (non-hydrogen) atoms. The van der Waals surface area contributed by atoms with E-state index in [1.807, 2.05) is 0 Å². The lowest BCUT2D eigenvalue weighted by Gasteiger charge is -2.29. The van der Waals surface area contributed by atoms with E-state index in [1.165, 1.54) is 0 Å². The number of unbranched alkanes of at least 4 members (excludes halogenated alkanes) is 2. The average molecular weight is 186 g/mol. The predicted molar refractivity (Wildman–Crippen MR) is 51.1 cm³/mol. The Morgan fingerprint density at radius 1 is 1.15 bits per heavy atom. The SMILES string of the molecule is [O]CCCCCN1CCC(O)CC1. The molecule has 0 saturated carbocycles. The summed E-state index contributed by atoms with van der Waals surface area (Å²) in [4.78, 5) is 2.39. The average Bonchev–Trinajstić information content (AvgIpc) is 2.15. The van der Waals surface area contributed by atoms with Crippen molar-refractivity contribution in [2.75, 3.05) is 26.2 Å². The highest BCUT2D eigenvalue weighted by Crippen LogP contribution is 2.10. The normalized spacial score (nSPS) is 20.8. The molecule has 0 aromatic heterocycles. The van der Waals surface area contributed by atoms with Gasteiger partial charge in [-0.3, -0.25) is 0 Å². The van der Waals surface area contributed by atoms with Crippen LogP contribution in [0.1, 0.15) is 32.1 Å². The summed E-state index contributed by atoms with van der Waals surface area (Å²) in [6.45, 7) is 3.22. The highest BCUT2D eigenvalue weighted by molar-refractivity contribution is 4.70. The second-order valence-corrected chi connectivity index (χ2v) is 3.84. The molecule has 0 atom stereocenters. The van der Waals surface area contributed by atoms with Gasteiger partial charge in [-0.15, -0.1) is 0 Å². The van der Waals surface area contributed by atoms with Crippen molar-refractivity contribution in [2.24, 2.45) is 0 Å². The first-order valence-corrected chi connectivity index (χ1v) is 5.31. The van der Waals surface area contributed by atoms with Crippen molar-refractivity contribution in [2.45, 2.75) is 38.2 Å². The van der Waals surface area contributed by atoms with Gasteiger partial charge in [-0.05, 0) is 38.6 Å². The summed E-state index contributed by atoms with van der Waals surface area (Å²) in [5, 5.41) is 19.4. The molecule has 1 radical (unpaired) electrons. The minimum atomic E-state index is -0.0714. The maximum atomic E-state index is 10.2. The van der Waals surface area contributed by atoms with Crippen LogP contribution in [0.5, 0.6) is 0 Å². The Labute approximate surface area is 80.4 Å². The lowest BCUT2D eigenvalue weighted by Crippen LogP contribution is -2.36. The Kier molecular flexibility index (Phi) is 5.35. The van der Waals surface area contributed by atoms with Crippen LogP contribution >= 0.6 is 0 Å². The third-order valence-electron chi connectivity index (χ3n) is 2.68. The van der Waals surface area contributed by atoms with E-state index in [4.69, 9.17) is 0 Å². The summed E-state index contributed by atoms with van der Waals surface area (Å²) < 4.78 is 0. The zero-order valence-electron chi connectivity index (χ0n) is 8.24. The first-order chi connectivity index (χ1) is 6.33. The van der Waals surface area contributed by atoms with Crippen molar-refractivity contribution in [3.8, 4) is 0 Å². The molecule has 0 aliphatic carbocycles. The van der Waals surface area contributed by atoms with E-state index in [0.717, 1.165) is 51.7 Å². The number of hydrogen-bond acceptors (Lipinski definition) is 2. The van der Waals surface area contributed by atoms with E-state index < -0.39 is 0 Å². The van der Waals surface area contributed by atoms with Gasteiger partial charge >= 0.3 is 0 Å². The van der Waals surface area contributed by atoms with Crippen LogP contribution in [0.2, 0.25) is 0 Å². The van der Waals surface area contributed by atoms with Crippen LogP contribution in [0.3, 0.4) is 0 Å². The monoisotopic (exact) mass is 186 g/mol. The molecule has 1 aliphatic heterocycles. The summed E-state index contributed by atoms with van der Waals surface area (Å²) >= 11 is 0. The molecule has 77 valence electrons.